The van der Waals surface area contributed by atoms with E-state index in [1.807, 2.05) is 33.8 Å². The zero-order valence-electron chi connectivity index (χ0n) is 10.5. The number of aromatic nitrogens is 2. The van der Waals surface area contributed by atoms with Gasteiger partial charge in [0, 0.05) is 6.20 Å². The van der Waals surface area contributed by atoms with Gasteiger partial charge in [0.2, 0.25) is 0 Å². The van der Waals surface area contributed by atoms with Gasteiger partial charge in [0.05, 0.1) is 5.69 Å². The first-order chi connectivity index (χ1) is 6.88. The van der Waals surface area contributed by atoms with E-state index < -0.39 is 0 Å². The van der Waals surface area contributed by atoms with E-state index in [1.165, 1.54) is 5.56 Å². The molecular formula is C12H24N2. The Morgan fingerprint density at radius 3 is 1.93 bits per heavy atom. The van der Waals surface area contributed by atoms with Gasteiger partial charge in [-0.1, -0.05) is 41.5 Å². The predicted octanol–water partition coefficient (Wildman–Crippen LogP) is 3.65. The van der Waals surface area contributed by atoms with Gasteiger partial charge in [0.15, 0.2) is 0 Å². The highest BCUT2D eigenvalue weighted by Crippen LogP contribution is 2.04. The highest BCUT2D eigenvalue weighted by atomic mass is 15.1. The maximum Gasteiger partial charge on any atom is 0.0660 e. The van der Waals surface area contributed by atoms with Crippen molar-refractivity contribution in [1.82, 2.24) is 10.2 Å². The minimum absolute atomic E-state index is 0.983. The number of rotatable bonds is 2. The van der Waals surface area contributed by atoms with Crippen LogP contribution in [0.1, 0.15) is 52.8 Å². The van der Waals surface area contributed by atoms with Gasteiger partial charge in [0.1, 0.15) is 0 Å². The number of hydrogen-bond donors (Lipinski definition) is 0. The summed E-state index contributed by atoms with van der Waals surface area (Å²) in [4.78, 5) is 0. The van der Waals surface area contributed by atoms with Crippen LogP contribution < -0.4 is 0 Å². The van der Waals surface area contributed by atoms with Gasteiger partial charge in [-0.15, -0.1) is 0 Å². The van der Waals surface area contributed by atoms with Gasteiger partial charge >= 0.3 is 0 Å². The van der Waals surface area contributed by atoms with Crippen molar-refractivity contribution in [2.45, 2.75) is 54.4 Å². The molecule has 14 heavy (non-hydrogen) atoms. The maximum absolute atomic E-state index is 4.02. The molecular weight excluding hydrogens is 172 g/mol. The van der Waals surface area contributed by atoms with Crippen molar-refractivity contribution >= 4 is 0 Å². The first-order valence-electron chi connectivity index (χ1n) is 5.68. The van der Waals surface area contributed by atoms with Crippen molar-refractivity contribution in [3.8, 4) is 0 Å². The molecule has 0 N–H and O–H groups in total. The topological polar surface area (TPSA) is 25.8 Å². The summed E-state index contributed by atoms with van der Waals surface area (Å²) >= 11 is 0. The molecule has 0 spiro atoms. The molecule has 0 unspecified atom stereocenters. The second-order valence-corrected chi connectivity index (χ2v) is 2.21. The minimum atomic E-state index is 0.983. The minimum Gasteiger partial charge on any atom is -0.159 e. The summed E-state index contributed by atoms with van der Waals surface area (Å²) in [6, 6.07) is 2.03. The summed E-state index contributed by atoms with van der Waals surface area (Å²) in [6.45, 7) is 12.2. The molecule has 0 fully saturated rings. The van der Waals surface area contributed by atoms with Crippen LogP contribution in [0.3, 0.4) is 0 Å². The van der Waals surface area contributed by atoms with Gasteiger partial charge in [-0.2, -0.15) is 10.2 Å². The van der Waals surface area contributed by atoms with Crippen molar-refractivity contribution in [2.24, 2.45) is 0 Å². The van der Waals surface area contributed by atoms with Gasteiger partial charge in [0.25, 0.3) is 0 Å². The lowest BCUT2D eigenvalue weighted by molar-refractivity contribution is 0.878. The van der Waals surface area contributed by atoms with Crippen molar-refractivity contribution in [1.29, 1.82) is 0 Å². The average molecular weight is 196 g/mol. The lowest BCUT2D eigenvalue weighted by Crippen LogP contribution is -1.95. The normalized spacial score (nSPS) is 7.86. The second kappa shape index (κ2) is 12.1. The number of nitrogens with zero attached hydrogens (tertiary/aromatic N) is 2. The summed E-state index contributed by atoms with van der Waals surface area (Å²) in [5, 5.41) is 7.83. The van der Waals surface area contributed by atoms with E-state index in [1.54, 1.807) is 6.20 Å². The highest BCUT2D eigenvalue weighted by Gasteiger charge is 1.96. The van der Waals surface area contributed by atoms with Crippen LogP contribution >= 0.6 is 0 Å². The lowest BCUT2D eigenvalue weighted by Gasteiger charge is -1.99. The van der Waals surface area contributed by atoms with Crippen LogP contribution in [0.4, 0.5) is 0 Å². The first kappa shape index (κ1) is 15.5. The van der Waals surface area contributed by atoms with Crippen molar-refractivity contribution in [2.75, 3.05) is 0 Å². The quantitative estimate of drug-likeness (QED) is 0.721. The third-order valence-electron chi connectivity index (χ3n) is 1.61. The van der Waals surface area contributed by atoms with E-state index in [0.717, 1.165) is 18.5 Å². The fraction of sp³-hybridized carbons (Fsp3) is 0.667. The van der Waals surface area contributed by atoms with Crippen LogP contribution in [0.2, 0.25) is 0 Å². The standard InChI is InChI=1S/C8H12N2.2C2H6/c1-3-7-5-6-9-10-8(7)4-2;2*1-2/h5-6H,3-4H2,1-2H3;2*1-2H3. The molecule has 0 aliphatic rings. The highest BCUT2D eigenvalue weighted by molar-refractivity contribution is 5.16. The summed E-state index contributed by atoms with van der Waals surface area (Å²) in [6.07, 6.45) is 3.79. The second-order valence-electron chi connectivity index (χ2n) is 2.21. The van der Waals surface area contributed by atoms with Crippen LogP contribution in [0.15, 0.2) is 12.3 Å². The summed E-state index contributed by atoms with van der Waals surface area (Å²) in [7, 11) is 0. The molecule has 0 atom stereocenters. The Morgan fingerprint density at radius 2 is 1.57 bits per heavy atom. The zero-order valence-corrected chi connectivity index (χ0v) is 10.5. The fourth-order valence-corrected chi connectivity index (χ4v) is 1.01. The summed E-state index contributed by atoms with van der Waals surface area (Å²) < 4.78 is 0. The monoisotopic (exact) mass is 196 g/mol. The molecule has 0 aromatic carbocycles. The molecule has 0 radical (unpaired) electrons. The molecule has 1 aromatic rings. The predicted molar refractivity (Wildman–Crippen MR) is 63.5 cm³/mol. The Morgan fingerprint density at radius 1 is 1.00 bits per heavy atom. The van der Waals surface area contributed by atoms with E-state index in [0.29, 0.717) is 0 Å². The third-order valence-corrected chi connectivity index (χ3v) is 1.61. The molecule has 1 rings (SSSR count). The molecule has 0 aliphatic heterocycles. The Kier molecular flexibility index (Phi) is 13.4. The number of hydrogen-bond acceptors (Lipinski definition) is 2. The van der Waals surface area contributed by atoms with Gasteiger partial charge in [-0.05, 0) is 24.5 Å². The van der Waals surface area contributed by atoms with E-state index in [-0.39, 0.29) is 0 Å². The zero-order chi connectivity index (χ0) is 11.4. The van der Waals surface area contributed by atoms with E-state index in [2.05, 4.69) is 24.0 Å². The first-order valence-corrected chi connectivity index (χ1v) is 5.68. The van der Waals surface area contributed by atoms with Crippen LogP contribution in [-0.2, 0) is 12.8 Å². The molecule has 0 aliphatic carbocycles. The Bertz CT molecular complexity index is 186. The maximum atomic E-state index is 4.02. The van der Waals surface area contributed by atoms with Gasteiger partial charge in [-0.3, -0.25) is 0 Å². The van der Waals surface area contributed by atoms with Crippen LogP contribution in [-0.4, -0.2) is 10.2 Å². The van der Waals surface area contributed by atoms with Gasteiger partial charge in [-0.25, -0.2) is 0 Å². The van der Waals surface area contributed by atoms with E-state index >= 15 is 0 Å². The molecule has 0 amide bonds. The largest absolute Gasteiger partial charge is 0.159 e. The van der Waals surface area contributed by atoms with Crippen LogP contribution in [0, 0.1) is 0 Å². The van der Waals surface area contributed by atoms with E-state index in [4.69, 9.17) is 0 Å². The summed E-state index contributed by atoms with van der Waals surface area (Å²) in [5.41, 5.74) is 2.45. The molecule has 0 saturated heterocycles. The van der Waals surface area contributed by atoms with Crippen LogP contribution in [0.5, 0.6) is 0 Å². The van der Waals surface area contributed by atoms with Gasteiger partial charge < -0.3 is 0 Å². The fourth-order valence-electron chi connectivity index (χ4n) is 1.01. The Labute approximate surface area is 88.8 Å². The van der Waals surface area contributed by atoms with Crippen molar-refractivity contribution in [3.05, 3.63) is 23.5 Å². The SMILES string of the molecule is CC.CC.CCc1ccnnc1CC. The Balaban J connectivity index is 0. The lowest BCUT2D eigenvalue weighted by atomic mass is 10.1. The average Bonchev–Trinajstić information content (AvgIpc) is 2.34. The molecule has 82 valence electrons. The molecule has 2 heteroatoms. The van der Waals surface area contributed by atoms with Crippen molar-refractivity contribution in [3.63, 3.8) is 0 Å². The van der Waals surface area contributed by atoms with Crippen molar-refractivity contribution < 1.29 is 0 Å². The Hall–Kier alpha value is -0.920. The number of aryl methyl sites for hydroxylation is 2. The van der Waals surface area contributed by atoms with E-state index in [9.17, 15) is 0 Å². The summed E-state index contributed by atoms with van der Waals surface area (Å²) in [5.74, 6) is 0. The van der Waals surface area contributed by atoms with Crippen LogP contribution in [0.25, 0.3) is 0 Å². The molecule has 0 saturated carbocycles. The molecule has 0 bridgehead atoms. The third kappa shape index (κ3) is 5.68. The molecule has 2 nitrogen and oxygen atoms in total. The smallest absolute Gasteiger partial charge is 0.0660 e. The molecule has 1 aromatic heterocycles. The molecule has 1 heterocycles.